The van der Waals surface area contributed by atoms with Crippen molar-refractivity contribution in [3.8, 4) is 11.1 Å². The minimum absolute atomic E-state index is 0.894. The molecule has 0 aliphatic rings. The lowest BCUT2D eigenvalue weighted by atomic mass is 9.84. The predicted molar refractivity (Wildman–Crippen MR) is 190 cm³/mol. The van der Waals surface area contributed by atoms with Crippen LogP contribution in [0.4, 0.5) is 0 Å². The smallest absolute Gasteiger partial charge is 0.135 e. The van der Waals surface area contributed by atoms with Crippen LogP contribution in [0.3, 0.4) is 0 Å². The molecule has 44 heavy (non-hydrogen) atoms. The Bertz CT molecular complexity index is 2400. The zero-order valence-electron chi connectivity index (χ0n) is 24.5. The summed E-state index contributed by atoms with van der Waals surface area (Å²) in [6.45, 7) is 6.58. The average molecular weight is 563 g/mol. The summed E-state index contributed by atoms with van der Waals surface area (Å²) in [4.78, 5) is 0. The fraction of sp³-hybridized carbons (Fsp3) is 0.0233. The summed E-state index contributed by atoms with van der Waals surface area (Å²) >= 11 is 0. The maximum atomic E-state index is 6.05. The van der Waals surface area contributed by atoms with Gasteiger partial charge in [-0.3, -0.25) is 0 Å². The van der Waals surface area contributed by atoms with Crippen LogP contribution in [-0.2, 0) is 0 Å². The number of furan rings is 1. The van der Waals surface area contributed by atoms with Gasteiger partial charge in [0, 0.05) is 10.8 Å². The molecule has 8 aromatic rings. The van der Waals surface area contributed by atoms with E-state index in [4.69, 9.17) is 4.42 Å². The highest BCUT2D eigenvalue weighted by molar-refractivity contribution is 6.22. The van der Waals surface area contributed by atoms with Gasteiger partial charge in [0.05, 0.1) is 0 Å². The number of fused-ring (bicyclic) bond motifs is 6. The molecule has 0 amide bonds. The lowest BCUT2D eigenvalue weighted by Gasteiger charge is -2.19. The van der Waals surface area contributed by atoms with Gasteiger partial charge in [-0.05, 0) is 90.8 Å². The molecular weight excluding hydrogens is 532 g/mol. The lowest BCUT2D eigenvalue weighted by Crippen LogP contribution is -1.93. The van der Waals surface area contributed by atoms with E-state index in [1.54, 1.807) is 0 Å². The fourth-order valence-corrected chi connectivity index (χ4v) is 6.71. The Labute approximate surface area is 256 Å². The number of para-hydroxylation sites is 1. The van der Waals surface area contributed by atoms with Crippen LogP contribution in [0.1, 0.15) is 18.1 Å². The highest BCUT2D eigenvalue weighted by Gasteiger charge is 2.18. The third-order valence-electron chi connectivity index (χ3n) is 8.80. The van der Waals surface area contributed by atoms with Crippen molar-refractivity contribution in [3.05, 3.63) is 169 Å². The normalized spacial score (nSPS) is 12.3. The molecule has 0 unspecified atom stereocenters. The van der Waals surface area contributed by atoms with E-state index in [1.165, 1.54) is 49.0 Å². The highest BCUT2D eigenvalue weighted by atomic mass is 16.3. The highest BCUT2D eigenvalue weighted by Crippen LogP contribution is 2.44. The quantitative estimate of drug-likeness (QED) is 0.150. The third-order valence-corrected chi connectivity index (χ3v) is 8.80. The SMILES string of the molecule is C=C(/C=C\C(=C/C)c1c2ccccc2c(-c2cccc3ccccc23)c2ccccc12)c1ccc2oc3ccccc3c2c1. The molecule has 7 aromatic carbocycles. The second-order valence-electron chi connectivity index (χ2n) is 11.3. The van der Waals surface area contributed by atoms with E-state index < -0.39 is 0 Å². The van der Waals surface area contributed by atoms with E-state index in [2.05, 4.69) is 147 Å². The Kier molecular flexibility index (Phi) is 6.24. The molecule has 0 bridgehead atoms. The summed E-state index contributed by atoms with van der Waals surface area (Å²) in [5.74, 6) is 0. The van der Waals surface area contributed by atoms with E-state index >= 15 is 0 Å². The number of rotatable bonds is 5. The van der Waals surface area contributed by atoms with E-state index in [0.29, 0.717) is 0 Å². The van der Waals surface area contributed by atoms with Gasteiger partial charge in [-0.1, -0.05) is 140 Å². The lowest BCUT2D eigenvalue weighted by molar-refractivity contribution is 0.669. The molecule has 8 rings (SSSR count). The molecule has 0 saturated heterocycles. The molecule has 0 saturated carbocycles. The van der Waals surface area contributed by atoms with Crippen molar-refractivity contribution in [2.75, 3.05) is 0 Å². The van der Waals surface area contributed by atoms with Gasteiger partial charge < -0.3 is 4.42 Å². The Balaban J connectivity index is 1.28. The standard InChI is InChI=1S/C43H30O/c1-3-29(24-23-28(2)31-25-26-41-39(27-31)33-16-10-11-22-40(33)44-41)42-35-17-6-8-19-37(35)43(38-20-9-7-18-36(38)42)34-21-12-14-30-13-4-5-15-32(30)34/h3-27H,2H2,1H3/b24-23-,29-3+. The van der Waals surface area contributed by atoms with Crippen LogP contribution in [0, 0.1) is 0 Å². The third kappa shape index (κ3) is 4.17. The summed E-state index contributed by atoms with van der Waals surface area (Å²) < 4.78 is 6.05. The monoisotopic (exact) mass is 562 g/mol. The zero-order chi connectivity index (χ0) is 29.6. The van der Waals surface area contributed by atoms with Crippen molar-refractivity contribution in [2.24, 2.45) is 0 Å². The van der Waals surface area contributed by atoms with Crippen LogP contribution in [0.25, 0.3) is 76.5 Å². The van der Waals surface area contributed by atoms with E-state index in [-0.39, 0.29) is 0 Å². The van der Waals surface area contributed by atoms with Crippen LogP contribution in [0.2, 0.25) is 0 Å². The first-order valence-electron chi connectivity index (χ1n) is 15.1. The molecule has 0 spiro atoms. The van der Waals surface area contributed by atoms with Crippen LogP contribution in [-0.4, -0.2) is 0 Å². The summed E-state index contributed by atoms with van der Waals surface area (Å²) in [5.41, 5.74) is 8.78. The van der Waals surface area contributed by atoms with Gasteiger partial charge in [-0.2, -0.15) is 0 Å². The molecule has 0 fully saturated rings. The first-order chi connectivity index (χ1) is 21.7. The Morgan fingerprint density at radius 1 is 0.545 bits per heavy atom. The molecule has 1 heteroatoms. The van der Waals surface area contributed by atoms with Crippen molar-refractivity contribution in [3.63, 3.8) is 0 Å². The maximum absolute atomic E-state index is 6.05. The molecule has 208 valence electrons. The molecule has 1 nitrogen and oxygen atoms in total. The number of allylic oxidation sites excluding steroid dienone is 5. The molecular formula is C43H30O. The van der Waals surface area contributed by atoms with Crippen LogP contribution >= 0.6 is 0 Å². The van der Waals surface area contributed by atoms with Crippen molar-refractivity contribution >= 4 is 65.4 Å². The summed E-state index contributed by atoms with van der Waals surface area (Å²) in [6, 6.07) is 47.5. The minimum atomic E-state index is 0.894. The minimum Gasteiger partial charge on any atom is -0.456 e. The maximum Gasteiger partial charge on any atom is 0.135 e. The summed E-state index contributed by atoms with van der Waals surface area (Å²) in [5, 5.41) is 9.73. The van der Waals surface area contributed by atoms with Gasteiger partial charge in [-0.25, -0.2) is 0 Å². The van der Waals surface area contributed by atoms with E-state index in [1.807, 2.05) is 18.2 Å². The van der Waals surface area contributed by atoms with Crippen LogP contribution in [0.5, 0.6) is 0 Å². The number of hydrogen-bond acceptors (Lipinski definition) is 1. The molecule has 1 heterocycles. The average Bonchev–Trinajstić information content (AvgIpc) is 3.46. The Morgan fingerprint density at radius 2 is 1.14 bits per heavy atom. The van der Waals surface area contributed by atoms with E-state index in [9.17, 15) is 0 Å². The van der Waals surface area contributed by atoms with Crippen molar-refractivity contribution < 1.29 is 4.42 Å². The first kappa shape index (κ1) is 26.0. The van der Waals surface area contributed by atoms with Crippen molar-refractivity contribution in [1.82, 2.24) is 0 Å². The van der Waals surface area contributed by atoms with Gasteiger partial charge in [0.25, 0.3) is 0 Å². The largest absolute Gasteiger partial charge is 0.456 e. The summed E-state index contributed by atoms with van der Waals surface area (Å²) in [7, 11) is 0. The molecule has 0 N–H and O–H groups in total. The van der Waals surface area contributed by atoms with Crippen LogP contribution in [0.15, 0.2) is 163 Å². The van der Waals surface area contributed by atoms with Crippen molar-refractivity contribution in [1.29, 1.82) is 0 Å². The molecule has 0 aliphatic heterocycles. The van der Waals surface area contributed by atoms with Gasteiger partial charge in [0.2, 0.25) is 0 Å². The second kappa shape index (κ2) is 10.6. The second-order valence-corrected chi connectivity index (χ2v) is 11.3. The zero-order valence-corrected chi connectivity index (χ0v) is 24.5. The van der Waals surface area contributed by atoms with Gasteiger partial charge in [0.1, 0.15) is 11.2 Å². The topological polar surface area (TPSA) is 13.1 Å². The Morgan fingerprint density at radius 3 is 1.86 bits per heavy atom. The first-order valence-corrected chi connectivity index (χ1v) is 15.1. The number of hydrogen-bond donors (Lipinski definition) is 0. The van der Waals surface area contributed by atoms with Gasteiger partial charge >= 0.3 is 0 Å². The van der Waals surface area contributed by atoms with Crippen molar-refractivity contribution in [2.45, 2.75) is 6.92 Å². The summed E-state index contributed by atoms with van der Waals surface area (Å²) in [6.07, 6.45) is 6.56. The van der Waals surface area contributed by atoms with Crippen LogP contribution < -0.4 is 0 Å². The molecule has 0 atom stereocenters. The molecule has 0 radical (unpaired) electrons. The van der Waals surface area contributed by atoms with Gasteiger partial charge in [0.15, 0.2) is 0 Å². The Hall–Kier alpha value is -5.66. The fourth-order valence-electron chi connectivity index (χ4n) is 6.71. The molecule has 0 aliphatic carbocycles. The predicted octanol–water partition coefficient (Wildman–Crippen LogP) is 12.4. The number of benzene rings is 7. The van der Waals surface area contributed by atoms with Gasteiger partial charge in [-0.15, -0.1) is 0 Å². The molecule has 1 aromatic heterocycles. The van der Waals surface area contributed by atoms with E-state index in [0.717, 1.165) is 38.6 Å².